The lowest BCUT2D eigenvalue weighted by Crippen LogP contribution is -2.38. The summed E-state index contributed by atoms with van der Waals surface area (Å²) in [6.45, 7) is 1.90. The zero-order chi connectivity index (χ0) is 19.6. The number of anilines is 1. The van der Waals surface area contributed by atoms with E-state index in [2.05, 4.69) is 0 Å². The standard InChI is InChI=1S/C21H21NO5/c1-13-6-4-8-16-19(13)22(12-18(23)24)11-15(20(16)25)10-14-7-5-9-17(26-2)21(14)27-3/h4-10H,11-12H2,1-3H3,(H,23,24)/b15-10+. The van der Waals surface area contributed by atoms with Crippen LogP contribution in [-0.4, -0.2) is 44.2 Å². The van der Waals surface area contributed by atoms with Gasteiger partial charge >= 0.3 is 5.97 Å². The average Bonchev–Trinajstić information content (AvgIpc) is 2.64. The lowest BCUT2D eigenvalue weighted by atomic mass is 9.92. The van der Waals surface area contributed by atoms with Crippen molar-refractivity contribution in [3.8, 4) is 11.5 Å². The lowest BCUT2D eigenvalue weighted by molar-refractivity contribution is -0.135. The Kier molecular flexibility index (Phi) is 5.16. The highest BCUT2D eigenvalue weighted by atomic mass is 16.5. The van der Waals surface area contributed by atoms with Crippen molar-refractivity contribution in [3.63, 3.8) is 0 Å². The third-order valence-electron chi connectivity index (χ3n) is 4.54. The van der Waals surface area contributed by atoms with Crippen LogP contribution in [0.5, 0.6) is 11.5 Å². The lowest BCUT2D eigenvalue weighted by Gasteiger charge is -2.32. The molecule has 0 saturated heterocycles. The van der Waals surface area contributed by atoms with Crippen molar-refractivity contribution in [1.82, 2.24) is 0 Å². The number of benzene rings is 2. The number of Topliss-reactive ketones (excluding diaryl/α,β-unsaturated/α-hetero) is 1. The fourth-order valence-corrected chi connectivity index (χ4v) is 3.41. The van der Waals surface area contributed by atoms with Crippen LogP contribution in [0, 0.1) is 6.92 Å². The van der Waals surface area contributed by atoms with Crippen LogP contribution < -0.4 is 14.4 Å². The SMILES string of the molecule is COc1cccc(/C=C2\CN(CC(=O)O)c3c(C)cccc3C2=O)c1OC. The highest BCUT2D eigenvalue weighted by Crippen LogP contribution is 2.36. The highest BCUT2D eigenvalue weighted by Gasteiger charge is 2.29. The van der Waals surface area contributed by atoms with E-state index in [1.807, 2.05) is 25.1 Å². The molecule has 2 aromatic carbocycles. The number of aliphatic carboxylic acids is 1. The van der Waals surface area contributed by atoms with Crippen LogP contribution >= 0.6 is 0 Å². The molecule has 0 fully saturated rings. The van der Waals surface area contributed by atoms with Crippen LogP contribution in [0.25, 0.3) is 6.08 Å². The summed E-state index contributed by atoms with van der Waals surface area (Å²) in [5, 5.41) is 9.29. The zero-order valence-electron chi connectivity index (χ0n) is 15.5. The molecule has 0 unspecified atom stereocenters. The van der Waals surface area contributed by atoms with Crippen LogP contribution in [0.4, 0.5) is 5.69 Å². The monoisotopic (exact) mass is 367 g/mol. The predicted octanol–water partition coefficient (Wildman–Crippen LogP) is 3.18. The molecule has 0 saturated carbocycles. The van der Waals surface area contributed by atoms with Gasteiger partial charge in [-0.05, 0) is 30.7 Å². The van der Waals surface area contributed by atoms with Gasteiger partial charge in [0.1, 0.15) is 6.54 Å². The number of ether oxygens (including phenoxy) is 2. The molecule has 1 aliphatic rings. The van der Waals surface area contributed by atoms with Gasteiger partial charge in [0.05, 0.1) is 19.9 Å². The summed E-state index contributed by atoms with van der Waals surface area (Å²) in [5.74, 6) is 0.0333. The summed E-state index contributed by atoms with van der Waals surface area (Å²) < 4.78 is 10.7. The van der Waals surface area contributed by atoms with Crippen molar-refractivity contribution in [2.75, 3.05) is 32.2 Å². The predicted molar refractivity (Wildman–Crippen MR) is 103 cm³/mol. The number of carbonyl (C=O) groups excluding carboxylic acids is 1. The molecule has 0 spiro atoms. The smallest absolute Gasteiger partial charge is 0.323 e. The van der Waals surface area contributed by atoms with E-state index in [-0.39, 0.29) is 18.9 Å². The van der Waals surface area contributed by atoms with Crippen LogP contribution in [0.15, 0.2) is 42.0 Å². The van der Waals surface area contributed by atoms with Gasteiger partial charge in [0.2, 0.25) is 0 Å². The Morgan fingerprint density at radius 2 is 1.93 bits per heavy atom. The summed E-state index contributed by atoms with van der Waals surface area (Å²) in [5.41, 5.74) is 3.27. The van der Waals surface area contributed by atoms with Crippen LogP contribution in [-0.2, 0) is 4.79 Å². The fraction of sp³-hybridized carbons (Fsp3) is 0.238. The molecule has 1 heterocycles. The van der Waals surface area contributed by atoms with E-state index < -0.39 is 5.97 Å². The first-order valence-corrected chi connectivity index (χ1v) is 8.49. The fourth-order valence-electron chi connectivity index (χ4n) is 3.41. The van der Waals surface area contributed by atoms with Crippen molar-refractivity contribution in [1.29, 1.82) is 0 Å². The minimum atomic E-state index is -0.947. The maximum absolute atomic E-state index is 13.0. The Labute approximate surface area is 157 Å². The van der Waals surface area contributed by atoms with Crippen molar-refractivity contribution in [3.05, 3.63) is 58.7 Å². The molecular formula is C21H21NO5. The van der Waals surface area contributed by atoms with Gasteiger partial charge in [-0.3, -0.25) is 9.59 Å². The third kappa shape index (κ3) is 3.51. The number of hydrogen-bond donors (Lipinski definition) is 1. The first kappa shape index (κ1) is 18.5. The minimum Gasteiger partial charge on any atom is -0.493 e. The first-order chi connectivity index (χ1) is 13.0. The van der Waals surface area contributed by atoms with Crippen molar-refractivity contribution in [2.45, 2.75) is 6.92 Å². The highest BCUT2D eigenvalue weighted by molar-refractivity contribution is 6.17. The molecule has 0 radical (unpaired) electrons. The number of carboxylic acids is 1. The van der Waals surface area contributed by atoms with Crippen molar-refractivity contribution >= 4 is 23.5 Å². The van der Waals surface area contributed by atoms with Gasteiger partial charge < -0.3 is 19.5 Å². The second-order valence-corrected chi connectivity index (χ2v) is 6.30. The van der Waals surface area contributed by atoms with E-state index in [1.165, 1.54) is 7.11 Å². The minimum absolute atomic E-state index is 0.111. The number of hydrogen-bond acceptors (Lipinski definition) is 5. The van der Waals surface area contributed by atoms with E-state index in [1.54, 1.807) is 36.3 Å². The van der Waals surface area contributed by atoms with Crippen LogP contribution in [0.2, 0.25) is 0 Å². The van der Waals surface area contributed by atoms with E-state index >= 15 is 0 Å². The molecule has 27 heavy (non-hydrogen) atoms. The largest absolute Gasteiger partial charge is 0.493 e. The van der Waals surface area contributed by atoms with Crippen LogP contribution in [0.1, 0.15) is 21.5 Å². The van der Waals surface area contributed by atoms with Gasteiger partial charge in [-0.1, -0.05) is 24.3 Å². The molecule has 0 amide bonds. The molecule has 0 aliphatic carbocycles. The number of para-hydroxylation sites is 2. The average molecular weight is 367 g/mol. The Balaban J connectivity index is 2.11. The normalized spacial score (nSPS) is 14.9. The van der Waals surface area contributed by atoms with Gasteiger partial charge in [0.15, 0.2) is 17.3 Å². The number of carboxylic acid groups (broad SMARTS) is 1. The number of fused-ring (bicyclic) bond motifs is 1. The zero-order valence-corrected chi connectivity index (χ0v) is 15.5. The number of carbonyl (C=O) groups is 2. The Morgan fingerprint density at radius 1 is 1.19 bits per heavy atom. The first-order valence-electron chi connectivity index (χ1n) is 8.49. The Morgan fingerprint density at radius 3 is 2.59 bits per heavy atom. The molecule has 3 rings (SSSR count). The molecule has 6 nitrogen and oxygen atoms in total. The van der Waals surface area contributed by atoms with Gasteiger partial charge in [0, 0.05) is 23.2 Å². The number of methoxy groups -OCH3 is 2. The summed E-state index contributed by atoms with van der Waals surface area (Å²) >= 11 is 0. The molecule has 2 aromatic rings. The second-order valence-electron chi connectivity index (χ2n) is 6.30. The Hall–Kier alpha value is -3.28. The quantitative estimate of drug-likeness (QED) is 0.818. The van der Waals surface area contributed by atoms with Crippen LogP contribution in [0.3, 0.4) is 0 Å². The molecule has 140 valence electrons. The van der Waals surface area contributed by atoms with Crippen molar-refractivity contribution < 1.29 is 24.2 Å². The van der Waals surface area contributed by atoms with Gasteiger partial charge in [-0.25, -0.2) is 0 Å². The molecular weight excluding hydrogens is 346 g/mol. The Bertz CT molecular complexity index is 932. The number of aryl methyl sites for hydroxylation is 1. The third-order valence-corrected chi connectivity index (χ3v) is 4.54. The molecule has 1 N–H and O–H groups in total. The topological polar surface area (TPSA) is 76.1 Å². The molecule has 6 heteroatoms. The van der Waals surface area contributed by atoms with Crippen molar-refractivity contribution in [2.24, 2.45) is 0 Å². The molecule has 0 bridgehead atoms. The van der Waals surface area contributed by atoms with E-state index in [0.29, 0.717) is 33.9 Å². The maximum Gasteiger partial charge on any atom is 0.323 e. The number of ketones is 1. The van der Waals surface area contributed by atoms with E-state index in [0.717, 1.165) is 5.56 Å². The maximum atomic E-state index is 13.0. The van der Waals surface area contributed by atoms with E-state index in [4.69, 9.17) is 9.47 Å². The van der Waals surface area contributed by atoms with Gasteiger partial charge in [0.25, 0.3) is 0 Å². The van der Waals surface area contributed by atoms with Gasteiger partial charge in [-0.15, -0.1) is 0 Å². The summed E-state index contributed by atoms with van der Waals surface area (Å²) in [4.78, 5) is 26.1. The summed E-state index contributed by atoms with van der Waals surface area (Å²) in [6, 6.07) is 10.8. The number of rotatable bonds is 5. The molecule has 1 aliphatic heterocycles. The molecule has 0 aromatic heterocycles. The molecule has 0 atom stereocenters. The number of nitrogens with zero attached hydrogens (tertiary/aromatic N) is 1. The second kappa shape index (κ2) is 7.53. The van der Waals surface area contributed by atoms with E-state index in [9.17, 15) is 14.7 Å². The van der Waals surface area contributed by atoms with Gasteiger partial charge in [-0.2, -0.15) is 0 Å². The summed E-state index contributed by atoms with van der Waals surface area (Å²) in [7, 11) is 3.09. The summed E-state index contributed by atoms with van der Waals surface area (Å²) in [6.07, 6.45) is 1.74.